The predicted molar refractivity (Wildman–Crippen MR) is 45.2 cm³/mol. The third-order valence-corrected chi connectivity index (χ3v) is 1.39. The van der Waals surface area contributed by atoms with E-state index in [9.17, 15) is 9.59 Å². The summed E-state index contributed by atoms with van der Waals surface area (Å²) >= 11 is 0. The standard InChI is InChI=1S/C7H9N3O3/c1-10-4-8-5(2-7(10)13)9-6(12)3-11/h2,4,11H,3H2,1H3,(H,9,12). The Kier molecular flexibility index (Phi) is 2.76. The number of nitrogens with zero attached hydrogens (tertiary/aromatic N) is 2. The Morgan fingerprint density at radius 1 is 1.77 bits per heavy atom. The fourth-order valence-electron chi connectivity index (χ4n) is 0.712. The van der Waals surface area contributed by atoms with Crippen LogP contribution in [0.4, 0.5) is 5.82 Å². The van der Waals surface area contributed by atoms with Gasteiger partial charge in [-0.15, -0.1) is 0 Å². The molecular formula is C7H9N3O3. The third-order valence-electron chi connectivity index (χ3n) is 1.39. The minimum absolute atomic E-state index is 0.141. The summed E-state index contributed by atoms with van der Waals surface area (Å²) in [6, 6.07) is 1.17. The molecule has 0 fully saturated rings. The van der Waals surface area contributed by atoms with Gasteiger partial charge in [0.1, 0.15) is 12.4 Å². The molecule has 0 atom stereocenters. The number of aryl methyl sites for hydroxylation is 1. The number of carbonyl (C=O) groups is 1. The maximum Gasteiger partial charge on any atom is 0.255 e. The van der Waals surface area contributed by atoms with Crippen molar-refractivity contribution in [3.63, 3.8) is 0 Å². The SMILES string of the molecule is Cn1cnc(NC(=O)CO)cc1=O. The van der Waals surface area contributed by atoms with E-state index in [1.807, 2.05) is 0 Å². The molecule has 0 saturated carbocycles. The Hall–Kier alpha value is -1.69. The van der Waals surface area contributed by atoms with E-state index in [1.165, 1.54) is 17.0 Å². The maximum absolute atomic E-state index is 11.0. The zero-order chi connectivity index (χ0) is 9.84. The van der Waals surface area contributed by atoms with Gasteiger partial charge in [-0.1, -0.05) is 0 Å². The quantitative estimate of drug-likeness (QED) is 0.597. The van der Waals surface area contributed by atoms with Crippen LogP contribution in [0, 0.1) is 0 Å². The summed E-state index contributed by atoms with van der Waals surface area (Å²) in [5.74, 6) is -0.456. The van der Waals surface area contributed by atoms with Crippen LogP contribution in [0.5, 0.6) is 0 Å². The van der Waals surface area contributed by atoms with Crippen LogP contribution >= 0.6 is 0 Å². The van der Waals surface area contributed by atoms with Crippen LogP contribution in [0.15, 0.2) is 17.2 Å². The second-order valence-corrected chi connectivity index (χ2v) is 2.43. The van der Waals surface area contributed by atoms with Crippen molar-refractivity contribution in [3.8, 4) is 0 Å². The second-order valence-electron chi connectivity index (χ2n) is 2.43. The van der Waals surface area contributed by atoms with E-state index in [0.29, 0.717) is 0 Å². The highest BCUT2D eigenvalue weighted by Gasteiger charge is 2.01. The fourth-order valence-corrected chi connectivity index (χ4v) is 0.712. The summed E-state index contributed by atoms with van der Waals surface area (Å²) in [4.78, 5) is 25.4. The predicted octanol–water partition coefficient (Wildman–Crippen LogP) is -1.29. The third kappa shape index (κ3) is 2.38. The van der Waals surface area contributed by atoms with Gasteiger partial charge in [-0.25, -0.2) is 4.98 Å². The molecule has 1 rings (SSSR count). The number of nitrogens with one attached hydrogen (secondary N) is 1. The van der Waals surface area contributed by atoms with Crippen LogP contribution in [0.1, 0.15) is 0 Å². The number of anilines is 1. The van der Waals surface area contributed by atoms with Gasteiger partial charge in [-0.2, -0.15) is 0 Å². The smallest absolute Gasteiger partial charge is 0.255 e. The molecule has 1 aromatic rings. The van der Waals surface area contributed by atoms with Crippen molar-refractivity contribution in [2.45, 2.75) is 0 Å². The topological polar surface area (TPSA) is 84.2 Å². The Labute approximate surface area is 73.8 Å². The van der Waals surface area contributed by atoms with Crippen molar-refractivity contribution in [2.24, 2.45) is 7.05 Å². The lowest BCUT2D eigenvalue weighted by Gasteiger charge is -2.01. The highest BCUT2D eigenvalue weighted by atomic mass is 16.3. The molecule has 1 aromatic heterocycles. The van der Waals surface area contributed by atoms with Crippen molar-refractivity contribution < 1.29 is 9.90 Å². The Morgan fingerprint density at radius 2 is 2.46 bits per heavy atom. The van der Waals surface area contributed by atoms with Gasteiger partial charge in [0.2, 0.25) is 0 Å². The molecule has 1 amide bonds. The monoisotopic (exact) mass is 183 g/mol. The molecule has 0 aliphatic carbocycles. The van der Waals surface area contributed by atoms with E-state index >= 15 is 0 Å². The van der Waals surface area contributed by atoms with Crippen molar-refractivity contribution in [2.75, 3.05) is 11.9 Å². The van der Waals surface area contributed by atoms with Crippen LogP contribution in [0.3, 0.4) is 0 Å². The minimum Gasteiger partial charge on any atom is -0.387 e. The number of aliphatic hydroxyl groups excluding tert-OH is 1. The van der Waals surface area contributed by atoms with Gasteiger partial charge in [0.05, 0.1) is 6.33 Å². The van der Waals surface area contributed by atoms with Gasteiger partial charge < -0.3 is 15.0 Å². The molecular weight excluding hydrogens is 174 g/mol. The number of hydrogen-bond acceptors (Lipinski definition) is 4. The number of rotatable bonds is 2. The van der Waals surface area contributed by atoms with Crippen LogP contribution in [0.25, 0.3) is 0 Å². The largest absolute Gasteiger partial charge is 0.387 e. The summed E-state index contributed by atoms with van der Waals surface area (Å²) in [7, 11) is 1.55. The van der Waals surface area contributed by atoms with Crippen LogP contribution in [-0.2, 0) is 11.8 Å². The summed E-state index contributed by atoms with van der Waals surface area (Å²) in [5.41, 5.74) is -0.275. The maximum atomic E-state index is 11.0. The summed E-state index contributed by atoms with van der Waals surface area (Å²) in [5, 5.41) is 10.6. The number of hydrogen-bond donors (Lipinski definition) is 2. The molecule has 0 aromatic carbocycles. The molecule has 0 radical (unpaired) electrons. The van der Waals surface area contributed by atoms with Crippen LogP contribution in [-0.4, -0.2) is 27.2 Å². The molecule has 2 N–H and O–H groups in total. The van der Waals surface area contributed by atoms with E-state index in [4.69, 9.17) is 5.11 Å². The molecule has 70 valence electrons. The molecule has 6 nitrogen and oxygen atoms in total. The van der Waals surface area contributed by atoms with Crippen molar-refractivity contribution >= 4 is 11.7 Å². The van der Waals surface area contributed by atoms with E-state index < -0.39 is 12.5 Å². The normalized spacial score (nSPS) is 9.69. The first kappa shape index (κ1) is 9.40. The van der Waals surface area contributed by atoms with E-state index in [2.05, 4.69) is 10.3 Å². The van der Waals surface area contributed by atoms with Crippen molar-refractivity contribution in [1.29, 1.82) is 0 Å². The Bertz CT molecular complexity index is 371. The van der Waals surface area contributed by atoms with Crippen molar-refractivity contribution in [3.05, 3.63) is 22.7 Å². The number of aliphatic hydroxyl groups is 1. The molecule has 13 heavy (non-hydrogen) atoms. The molecule has 0 spiro atoms. The molecule has 1 heterocycles. The molecule has 0 aliphatic rings. The first-order valence-corrected chi connectivity index (χ1v) is 3.57. The first-order valence-electron chi connectivity index (χ1n) is 3.57. The lowest BCUT2D eigenvalue weighted by atomic mass is 10.5. The highest BCUT2D eigenvalue weighted by Crippen LogP contribution is 1.94. The highest BCUT2D eigenvalue weighted by molar-refractivity contribution is 5.90. The van der Waals surface area contributed by atoms with E-state index in [-0.39, 0.29) is 11.4 Å². The van der Waals surface area contributed by atoms with Gasteiger partial charge in [0.15, 0.2) is 0 Å². The lowest BCUT2D eigenvalue weighted by Crippen LogP contribution is -2.21. The summed E-state index contributed by atoms with van der Waals surface area (Å²) < 4.78 is 1.27. The molecule has 0 saturated heterocycles. The van der Waals surface area contributed by atoms with Gasteiger partial charge in [-0.3, -0.25) is 9.59 Å². The van der Waals surface area contributed by atoms with Gasteiger partial charge in [-0.05, 0) is 0 Å². The number of amides is 1. The molecule has 0 bridgehead atoms. The molecule has 6 heteroatoms. The molecule has 0 aliphatic heterocycles. The van der Waals surface area contributed by atoms with Gasteiger partial charge in [0.25, 0.3) is 11.5 Å². The van der Waals surface area contributed by atoms with Gasteiger partial charge in [0, 0.05) is 13.1 Å². The van der Waals surface area contributed by atoms with Gasteiger partial charge >= 0.3 is 0 Å². The summed E-state index contributed by atoms with van der Waals surface area (Å²) in [6.45, 7) is -0.628. The average Bonchev–Trinajstić information content (AvgIpc) is 2.11. The summed E-state index contributed by atoms with van der Waals surface area (Å²) in [6.07, 6.45) is 1.29. The van der Waals surface area contributed by atoms with E-state index in [1.54, 1.807) is 7.05 Å². The number of aromatic nitrogens is 2. The minimum atomic E-state index is -0.628. The zero-order valence-corrected chi connectivity index (χ0v) is 7.02. The van der Waals surface area contributed by atoms with Crippen LogP contribution < -0.4 is 10.9 Å². The lowest BCUT2D eigenvalue weighted by molar-refractivity contribution is -0.118. The van der Waals surface area contributed by atoms with Crippen molar-refractivity contribution in [1.82, 2.24) is 9.55 Å². The Morgan fingerprint density at radius 3 is 3.00 bits per heavy atom. The zero-order valence-electron chi connectivity index (χ0n) is 7.02. The molecule has 0 unspecified atom stereocenters. The first-order chi connectivity index (χ1) is 6.13. The van der Waals surface area contributed by atoms with E-state index in [0.717, 1.165) is 0 Å². The Balaban J connectivity index is 2.86. The fraction of sp³-hybridized carbons (Fsp3) is 0.286. The average molecular weight is 183 g/mol. The van der Waals surface area contributed by atoms with Crippen LogP contribution in [0.2, 0.25) is 0 Å². The second kappa shape index (κ2) is 3.81. The number of carbonyl (C=O) groups excluding carboxylic acids is 1.